The van der Waals surface area contributed by atoms with E-state index in [9.17, 15) is 4.79 Å². The molecular weight excluding hydrogens is 360 g/mol. The van der Waals surface area contributed by atoms with Crippen molar-refractivity contribution in [2.75, 3.05) is 5.32 Å². The van der Waals surface area contributed by atoms with E-state index >= 15 is 0 Å². The monoisotopic (exact) mass is 376 g/mol. The van der Waals surface area contributed by atoms with E-state index in [2.05, 4.69) is 10.3 Å². The highest BCUT2D eigenvalue weighted by Crippen LogP contribution is 2.27. The van der Waals surface area contributed by atoms with Crippen LogP contribution < -0.4 is 5.32 Å². The Morgan fingerprint density at radius 2 is 1.78 bits per heavy atom. The summed E-state index contributed by atoms with van der Waals surface area (Å²) in [6.45, 7) is 3.93. The van der Waals surface area contributed by atoms with Gasteiger partial charge in [0.15, 0.2) is 5.58 Å². The molecule has 1 amide bonds. The average Bonchev–Trinajstić information content (AvgIpc) is 3.07. The third-order valence-corrected chi connectivity index (χ3v) is 4.79. The number of rotatable bonds is 3. The van der Waals surface area contributed by atoms with Crippen molar-refractivity contribution in [2.24, 2.45) is 0 Å². The molecule has 4 rings (SSSR count). The van der Waals surface area contributed by atoms with E-state index in [0.717, 1.165) is 11.1 Å². The number of oxazole rings is 1. The number of hydrogen-bond acceptors (Lipinski definition) is 3. The molecule has 0 atom stereocenters. The molecule has 0 aliphatic rings. The highest BCUT2D eigenvalue weighted by molar-refractivity contribution is 6.31. The van der Waals surface area contributed by atoms with Crippen LogP contribution >= 0.6 is 11.6 Å². The van der Waals surface area contributed by atoms with Gasteiger partial charge in [0.1, 0.15) is 5.52 Å². The maximum atomic E-state index is 12.5. The first-order chi connectivity index (χ1) is 13.0. The number of fused-ring (bicyclic) bond motifs is 1. The lowest BCUT2D eigenvalue weighted by Crippen LogP contribution is -2.11. The molecule has 0 aliphatic carbocycles. The van der Waals surface area contributed by atoms with E-state index in [4.69, 9.17) is 16.0 Å². The number of aryl methyl sites for hydroxylation is 2. The number of amides is 1. The summed E-state index contributed by atoms with van der Waals surface area (Å²) < 4.78 is 5.83. The number of carbonyl (C=O) groups excluding carboxylic acids is 1. The van der Waals surface area contributed by atoms with E-state index < -0.39 is 0 Å². The molecule has 27 heavy (non-hydrogen) atoms. The van der Waals surface area contributed by atoms with Gasteiger partial charge in [-0.25, -0.2) is 4.98 Å². The van der Waals surface area contributed by atoms with Crippen LogP contribution in [0.3, 0.4) is 0 Å². The summed E-state index contributed by atoms with van der Waals surface area (Å²) in [6.07, 6.45) is 0. The number of anilines is 1. The van der Waals surface area contributed by atoms with Crippen LogP contribution in [-0.4, -0.2) is 10.9 Å². The van der Waals surface area contributed by atoms with Crippen LogP contribution in [-0.2, 0) is 0 Å². The molecule has 0 fully saturated rings. The first-order valence-corrected chi connectivity index (χ1v) is 8.92. The Morgan fingerprint density at radius 1 is 1.00 bits per heavy atom. The fourth-order valence-corrected chi connectivity index (χ4v) is 2.94. The van der Waals surface area contributed by atoms with Gasteiger partial charge in [0.05, 0.1) is 0 Å². The van der Waals surface area contributed by atoms with E-state index in [1.54, 1.807) is 30.3 Å². The van der Waals surface area contributed by atoms with Crippen molar-refractivity contribution in [3.63, 3.8) is 0 Å². The molecule has 1 N–H and O–H groups in total. The lowest BCUT2D eigenvalue weighted by molar-refractivity contribution is 0.102. The predicted molar refractivity (Wildman–Crippen MR) is 108 cm³/mol. The summed E-state index contributed by atoms with van der Waals surface area (Å²) >= 11 is 6.11. The molecule has 0 spiro atoms. The van der Waals surface area contributed by atoms with Gasteiger partial charge in [-0.15, -0.1) is 0 Å². The summed E-state index contributed by atoms with van der Waals surface area (Å²) in [6, 6.07) is 18.6. The summed E-state index contributed by atoms with van der Waals surface area (Å²) in [5.41, 5.74) is 5.53. The van der Waals surface area contributed by atoms with Crippen LogP contribution in [0.25, 0.3) is 22.6 Å². The minimum atomic E-state index is -0.224. The van der Waals surface area contributed by atoms with Crippen LogP contribution in [0.15, 0.2) is 65.1 Å². The second-order valence-corrected chi connectivity index (χ2v) is 6.89. The van der Waals surface area contributed by atoms with E-state index in [0.29, 0.717) is 33.3 Å². The van der Waals surface area contributed by atoms with Crippen LogP contribution in [0.2, 0.25) is 5.02 Å². The minimum Gasteiger partial charge on any atom is -0.436 e. The Balaban J connectivity index is 1.60. The zero-order chi connectivity index (χ0) is 19.0. The number of halogens is 1. The third kappa shape index (κ3) is 3.57. The summed E-state index contributed by atoms with van der Waals surface area (Å²) in [5.74, 6) is 0.331. The quantitative estimate of drug-likeness (QED) is 0.475. The van der Waals surface area contributed by atoms with Gasteiger partial charge in [-0.05, 0) is 61.9 Å². The van der Waals surface area contributed by atoms with Crippen LogP contribution in [0.5, 0.6) is 0 Å². The largest absolute Gasteiger partial charge is 0.436 e. The number of aromatic nitrogens is 1. The number of benzene rings is 3. The molecule has 0 bridgehead atoms. The Kier molecular flexibility index (Phi) is 4.42. The Hall–Kier alpha value is -3.11. The molecule has 5 heteroatoms. The number of carbonyl (C=O) groups is 1. The molecule has 1 aromatic heterocycles. The summed E-state index contributed by atoms with van der Waals surface area (Å²) in [7, 11) is 0. The first-order valence-electron chi connectivity index (χ1n) is 8.55. The van der Waals surface area contributed by atoms with Gasteiger partial charge in [-0.2, -0.15) is 0 Å². The third-order valence-electron chi connectivity index (χ3n) is 4.38. The minimum absolute atomic E-state index is 0.224. The molecule has 0 radical (unpaired) electrons. The molecular formula is C22H17ClN2O2. The molecule has 0 saturated heterocycles. The van der Waals surface area contributed by atoms with Gasteiger partial charge in [0, 0.05) is 21.8 Å². The number of hydrogen-bond donors (Lipinski definition) is 1. The maximum absolute atomic E-state index is 12.5. The van der Waals surface area contributed by atoms with E-state index in [1.165, 1.54) is 5.56 Å². The first kappa shape index (κ1) is 17.3. The number of nitrogens with one attached hydrogen (secondary N) is 1. The highest BCUT2D eigenvalue weighted by Gasteiger charge is 2.11. The molecule has 0 saturated carbocycles. The molecule has 134 valence electrons. The molecule has 4 nitrogen and oxygen atoms in total. The van der Waals surface area contributed by atoms with Crippen molar-refractivity contribution in [2.45, 2.75) is 13.8 Å². The standard InChI is InChI=1S/C22H17ClN2O2/c1-13-3-6-15(7-4-13)22-25-19-12-17(9-10-20(19)27-22)24-21(26)16-8-5-14(2)18(23)11-16/h3-12H,1-2H3,(H,24,26). The molecule has 0 unspecified atom stereocenters. The van der Waals surface area contributed by atoms with Crippen molar-refractivity contribution in [3.8, 4) is 11.5 Å². The van der Waals surface area contributed by atoms with Gasteiger partial charge in [0.2, 0.25) is 5.89 Å². The van der Waals surface area contributed by atoms with Crippen LogP contribution in [0.1, 0.15) is 21.5 Å². The van der Waals surface area contributed by atoms with Crippen molar-refractivity contribution >= 4 is 34.3 Å². The predicted octanol–water partition coefficient (Wildman–Crippen LogP) is 6.02. The molecule has 3 aromatic carbocycles. The second-order valence-electron chi connectivity index (χ2n) is 6.49. The van der Waals surface area contributed by atoms with Crippen molar-refractivity contribution in [1.29, 1.82) is 0 Å². The molecule has 1 heterocycles. The van der Waals surface area contributed by atoms with Crippen molar-refractivity contribution in [3.05, 3.63) is 82.4 Å². The average molecular weight is 377 g/mol. The SMILES string of the molecule is Cc1ccc(-c2nc3cc(NC(=O)c4ccc(C)c(Cl)c4)ccc3o2)cc1. The van der Waals surface area contributed by atoms with E-state index in [-0.39, 0.29) is 5.91 Å². The summed E-state index contributed by atoms with van der Waals surface area (Å²) in [4.78, 5) is 17.0. The van der Waals surface area contributed by atoms with Gasteiger partial charge in [-0.1, -0.05) is 35.4 Å². The van der Waals surface area contributed by atoms with Crippen molar-refractivity contribution in [1.82, 2.24) is 4.98 Å². The van der Waals surface area contributed by atoms with Crippen LogP contribution in [0.4, 0.5) is 5.69 Å². The van der Waals surface area contributed by atoms with Crippen molar-refractivity contribution < 1.29 is 9.21 Å². The fraction of sp³-hybridized carbons (Fsp3) is 0.0909. The topological polar surface area (TPSA) is 55.1 Å². The molecule has 4 aromatic rings. The maximum Gasteiger partial charge on any atom is 0.255 e. The lowest BCUT2D eigenvalue weighted by atomic mass is 10.1. The summed E-state index contributed by atoms with van der Waals surface area (Å²) in [5, 5.41) is 3.44. The highest BCUT2D eigenvalue weighted by atomic mass is 35.5. The van der Waals surface area contributed by atoms with Gasteiger partial charge in [-0.3, -0.25) is 4.79 Å². The Morgan fingerprint density at radius 3 is 2.52 bits per heavy atom. The van der Waals surface area contributed by atoms with Crippen LogP contribution in [0, 0.1) is 13.8 Å². The normalized spacial score (nSPS) is 10.9. The lowest BCUT2D eigenvalue weighted by Gasteiger charge is -2.06. The molecule has 0 aliphatic heterocycles. The van der Waals surface area contributed by atoms with Gasteiger partial charge >= 0.3 is 0 Å². The second kappa shape index (κ2) is 6.89. The Bertz CT molecular complexity index is 1150. The fourth-order valence-electron chi connectivity index (χ4n) is 2.76. The van der Waals surface area contributed by atoms with E-state index in [1.807, 2.05) is 44.2 Å². The smallest absolute Gasteiger partial charge is 0.255 e. The van der Waals surface area contributed by atoms with Gasteiger partial charge < -0.3 is 9.73 Å². The Labute approximate surface area is 161 Å². The number of nitrogens with zero attached hydrogens (tertiary/aromatic N) is 1. The van der Waals surface area contributed by atoms with Gasteiger partial charge in [0.25, 0.3) is 5.91 Å². The zero-order valence-corrected chi connectivity index (χ0v) is 15.7. The zero-order valence-electron chi connectivity index (χ0n) is 14.9.